The molecule has 3 N–H and O–H groups in total. The predicted octanol–water partition coefficient (Wildman–Crippen LogP) is 3.46. The van der Waals surface area contributed by atoms with E-state index in [0.29, 0.717) is 15.7 Å². The molecule has 0 heterocycles. The summed E-state index contributed by atoms with van der Waals surface area (Å²) in [5, 5.41) is 13.8. The van der Waals surface area contributed by atoms with Crippen molar-refractivity contribution in [2.45, 2.75) is 26.3 Å². The van der Waals surface area contributed by atoms with Crippen LogP contribution in [-0.4, -0.2) is 24.6 Å². The molecule has 0 atom stereocenters. The molecule has 0 unspecified atom stereocenters. The van der Waals surface area contributed by atoms with Crippen LogP contribution in [0.2, 0.25) is 10.0 Å². The minimum Gasteiger partial charge on any atom is -0.333 e. The van der Waals surface area contributed by atoms with Crippen LogP contribution in [0.15, 0.2) is 18.2 Å². The maximum atomic E-state index is 11.7. The van der Waals surface area contributed by atoms with Gasteiger partial charge in [-0.25, -0.2) is 4.79 Å². The molecule has 0 saturated heterocycles. The fourth-order valence-corrected chi connectivity index (χ4v) is 2.14. The van der Waals surface area contributed by atoms with Gasteiger partial charge in [-0.2, -0.15) is 0 Å². The molecule has 20 heavy (non-hydrogen) atoms. The van der Waals surface area contributed by atoms with Gasteiger partial charge in [-0.15, -0.1) is 0 Å². The van der Waals surface area contributed by atoms with Gasteiger partial charge in [0.1, 0.15) is 0 Å². The van der Waals surface area contributed by atoms with Gasteiger partial charge in [0.25, 0.3) is 0 Å². The number of nitrogens with one attached hydrogen (secondary N) is 3. The molecule has 110 valence electrons. The lowest BCUT2D eigenvalue weighted by molar-refractivity contribution is 0.236. The van der Waals surface area contributed by atoms with Crippen molar-refractivity contribution >= 4 is 40.9 Å². The number of carbonyl (C=O) groups excluding carboxylic acids is 1. The Bertz CT molecular complexity index is 505. The molecule has 0 aromatic heterocycles. The molecule has 1 aromatic carbocycles. The van der Waals surface area contributed by atoms with Crippen LogP contribution in [-0.2, 0) is 0 Å². The average molecular weight is 317 g/mol. The second-order valence-electron chi connectivity index (χ2n) is 5.31. The van der Waals surface area contributed by atoms with Crippen molar-refractivity contribution in [3.63, 3.8) is 0 Å². The Morgan fingerprint density at radius 2 is 1.75 bits per heavy atom. The van der Waals surface area contributed by atoms with Gasteiger partial charge in [0.2, 0.25) is 5.96 Å². The van der Waals surface area contributed by atoms with Gasteiger partial charge in [0.15, 0.2) is 0 Å². The third-order valence-electron chi connectivity index (χ3n) is 2.33. The molecule has 0 fully saturated rings. The van der Waals surface area contributed by atoms with E-state index in [9.17, 15) is 4.79 Å². The van der Waals surface area contributed by atoms with Gasteiger partial charge < -0.3 is 10.2 Å². The maximum Gasteiger partial charge on any atom is 0.321 e. The lowest BCUT2D eigenvalue weighted by Crippen LogP contribution is -2.51. The topological polar surface area (TPSA) is 68.2 Å². The van der Waals surface area contributed by atoms with E-state index in [0.717, 1.165) is 0 Å². The Balaban J connectivity index is 2.80. The van der Waals surface area contributed by atoms with Crippen molar-refractivity contribution in [1.82, 2.24) is 10.6 Å². The Kier molecular flexibility index (Phi) is 5.25. The van der Waals surface area contributed by atoms with Crippen LogP contribution in [0.25, 0.3) is 0 Å². The lowest BCUT2D eigenvalue weighted by atomic mass is 10.1. The van der Waals surface area contributed by atoms with Crippen LogP contribution in [0, 0.1) is 5.41 Å². The van der Waals surface area contributed by atoms with Crippen molar-refractivity contribution in [2.24, 2.45) is 0 Å². The summed E-state index contributed by atoms with van der Waals surface area (Å²) in [5.41, 5.74) is 0.0854. The van der Waals surface area contributed by atoms with E-state index < -0.39 is 6.03 Å². The number of amides is 2. The van der Waals surface area contributed by atoms with Crippen LogP contribution in [0.1, 0.15) is 20.8 Å². The second-order valence-corrected chi connectivity index (χ2v) is 6.12. The fraction of sp³-hybridized carbons (Fsp3) is 0.385. The molecule has 0 radical (unpaired) electrons. The molecule has 1 aromatic rings. The van der Waals surface area contributed by atoms with E-state index in [1.807, 2.05) is 20.8 Å². The molecular weight excluding hydrogens is 299 g/mol. The smallest absolute Gasteiger partial charge is 0.321 e. The van der Waals surface area contributed by atoms with E-state index in [-0.39, 0.29) is 11.5 Å². The van der Waals surface area contributed by atoms with Gasteiger partial charge in [-0.1, -0.05) is 29.3 Å². The van der Waals surface area contributed by atoms with E-state index in [4.69, 9.17) is 28.6 Å². The monoisotopic (exact) mass is 316 g/mol. The highest BCUT2D eigenvalue weighted by atomic mass is 35.5. The molecule has 5 nitrogen and oxygen atoms in total. The first-order valence-corrected chi connectivity index (χ1v) is 6.73. The first-order chi connectivity index (χ1) is 9.11. The first-order valence-electron chi connectivity index (χ1n) is 5.97. The number of rotatable bonds is 1. The molecule has 1 rings (SSSR count). The number of guanidine groups is 1. The van der Waals surface area contributed by atoms with Crippen LogP contribution >= 0.6 is 23.2 Å². The summed E-state index contributed by atoms with van der Waals surface area (Å²) in [6, 6.07) is 4.59. The number of urea groups is 1. The third-order valence-corrected chi connectivity index (χ3v) is 2.94. The van der Waals surface area contributed by atoms with Crippen molar-refractivity contribution in [3.05, 3.63) is 28.2 Å². The number of anilines is 1. The number of hydrogen-bond donors (Lipinski definition) is 3. The summed E-state index contributed by atoms with van der Waals surface area (Å²) in [5.74, 6) is -0.123. The highest BCUT2D eigenvalue weighted by molar-refractivity contribution is 6.40. The van der Waals surface area contributed by atoms with Crippen molar-refractivity contribution in [1.29, 1.82) is 5.41 Å². The minimum absolute atomic E-state index is 0.123. The number of halogens is 2. The van der Waals surface area contributed by atoms with Gasteiger partial charge in [-0.05, 0) is 32.9 Å². The van der Waals surface area contributed by atoms with Crippen LogP contribution in [0.4, 0.5) is 10.5 Å². The van der Waals surface area contributed by atoms with Gasteiger partial charge >= 0.3 is 6.03 Å². The zero-order valence-corrected chi connectivity index (χ0v) is 13.4. The fourth-order valence-electron chi connectivity index (χ4n) is 1.48. The molecule has 0 aliphatic rings. The molecule has 0 aliphatic heterocycles. The number of para-hydroxylation sites is 1. The average Bonchev–Trinajstić information content (AvgIpc) is 2.25. The third kappa shape index (κ3) is 4.58. The Morgan fingerprint density at radius 1 is 1.25 bits per heavy atom. The predicted molar refractivity (Wildman–Crippen MR) is 84.0 cm³/mol. The zero-order chi connectivity index (χ0) is 15.5. The largest absolute Gasteiger partial charge is 0.333 e. The molecule has 0 saturated carbocycles. The standard InChI is InChI=1S/C13H18Cl2N4O/c1-13(2,3)18-12(20)17-11(16)19(4)10-8(14)6-5-7-9(10)15/h5-7H,1-4H3,(H3,16,17,18,20). The van der Waals surface area contributed by atoms with E-state index in [1.54, 1.807) is 25.2 Å². The maximum absolute atomic E-state index is 11.7. The number of carbonyl (C=O) groups is 1. The number of benzene rings is 1. The van der Waals surface area contributed by atoms with Crippen LogP contribution in [0.3, 0.4) is 0 Å². The van der Waals surface area contributed by atoms with Gasteiger partial charge in [0, 0.05) is 12.6 Å². The minimum atomic E-state index is -0.461. The van der Waals surface area contributed by atoms with Crippen LogP contribution in [0.5, 0.6) is 0 Å². The molecule has 0 aliphatic carbocycles. The number of nitrogens with zero attached hydrogens (tertiary/aromatic N) is 1. The van der Waals surface area contributed by atoms with Crippen molar-refractivity contribution < 1.29 is 4.79 Å². The van der Waals surface area contributed by atoms with Crippen molar-refractivity contribution in [2.75, 3.05) is 11.9 Å². The molecule has 7 heteroatoms. The molecule has 0 bridgehead atoms. The van der Waals surface area contributed by atoms with Crippen LogP contribution < -0.4 is 15.5 Å². The summed E-state index contributed by atoms with van der Waals surface area (Å²) in [6.07, 6.45) is 0. The molecule has 0 spiro atoms. The van der Waals surface area contributed by atoms with Gasteiger partial charge in [0.05, 0.1) is 15.7 Å². The zero-order valence-electron chi connectivity index (χ0n) is 11.8. The first kappa shape index (κ1) is 16.6. The Hall–Kier alpha value is -1.46. The summed E-state index contributed by atoms with van der Waals surface area (Å²) in [7, 11) is 1.60. The summed E-state index contributed by atoms with van der Waals surface area (Å²) >= 11 is 12.1. The highest BCUT2D eigenvalue weighted by Gasteiger charge is 2.18. The van der Waals surface area contributed by atoms with E-state index in [1.165, 1.54) is 4.90 Å². The highest BCUT2D eigenvalue weighted by Crippen LogP contribution is 2.32. The summed E-state index contributed by atoms with van der Waals surface area (Å²) < 4.78 is 0. The van der Waals surface area contributed by atoms with Gasteiger partial charge in [-0.3, -0.25) is 10.7 Å². The Labute approximate surface area is 128 Å². The summed E-state index contributed by atoms with van der Waals surface area (Å²) in [6.45, 7) is 5.56. The lowest BCUT2D eigenvalue weighted by Gasteiger charge is -2.25. The van der Waals surface area contributed by atoms with E-state index in [2.05, 4.69) is 10.6 Å². The quantitative estimate of drug-likeness (QED) is 0.548. The number of hydrogen-bond acceptors (Lipinski definition) is 2. The molecular formula is C13H18Cl2N4O. The Morgan fingerprint density at radius 3 is 2.20 bits per heavy atom. The SMILES string of the molecule is CN(C(=N)NC(=O)NC(C)(C)C)c1c(Cl)cccc1Cl. The molecule has 2 amide bonds. The second kappa shape index (κ2) is 6.33. The summed E-state index contributed by atoms with van der Waals surface area (Å²) in [4.78, 5) is 13.1. The normalized spacial score (nSPS) is 10.9. The van der Waals surface area contributed by atoms with Crippen molar-refractivity contribution in [3.8, 4) is 0 Å². The van der Waals surface area contributed by atoms with E-state index >= 15 is 0 Å².